The minimum atomic E-state index is -1.71. The molecule has 0 saturated heterocycles. The van der Waals surface area contributed by atoms with E-state index in [9.17, 15) is 0 Å². The summed E-state index contributed by atoms with van der Waals surface area (Å²) in [5.41, 5.74) is 2.31. The normalized spacial score (nSPS) is 13.2. The van der Waals surface area contributed by atoms with Gasteiger partial charge in [0.2, 0.25) is 0 Å². The van der Waals surface area contributed by atoms with Crippen molar-refractivity contribution in [1.29, 1.82) is 0 Å². The van der Waals surface area contributed by atoms with Crippen molar-refractivity contribution in [2.45, 2.75) is 71.1 Å². The molecular formula is C26H40O4Si. The van der Waals surface area contributed by atoms with Crippen molar-refractivity contribution in [2.24, 2.45) is 0 Å². The van der Waals surface area contributed by atoms with E-state index in [-0.39, 0.29) is 11.1 Å². The highest BCUT2D eigenvalue weighted by Crippen LogP contribution is 2.36. The Morgan fingerprint density at radius 3 is 2.13 bits per heavy atom. The largest absolute Gasteiger partial charge is 0.497 e. The number of ether oxygens (including phenoxy) is 3. The monoisotopic (exact) mass is 444 g/mol. The quantitative estimate of drug-likeness (QED) is 0.258. The maximum atomic E-state index is 6.34. The van der Waals surface area contributed by atoms with Gasteiger partial charge in [-0.3, -0.25) is 0 Å². The van der Waals surface area contributed by atoms with Crippen LogP contribution in [0.3, 0.4) is 0 Å². The first kappa shape index (κ1) is 25.6. The molecule has 4 nitrogen and oxygen atoms in total. The molecule has 31 heavy (non-hydrogen) atoms. The Bertz CT molecular complexity index is 738. The van der Waals surface area contributed by atoms with Crippen LogP contribution in [0.15, 0.2) is 54.6 Å². The Hall–Kier alpha value is -1.66. The molecule has 172 valence electrons. The molecule has 0 aromatic heterocycles. The van der Waals surface area contributed by atoms with E-state index in [1.165, 1.54) is 5.56 Å². The summed E-state index contributed by atoms with van der Waals surface area (Å²) >= 11 is 0. The van der Waals surface area contributed by atoms with Gasteiger partial charge in [-0.1, -0.05) is 63.2 Å². The molecule has 0 unspecified atom stereocenters. The fraction of sp³-hybridized carbons (Fsp3) is 0.538. The van der Waals surface area contributed by atoms with E-state index in [4.69, 9.17) is 18.6 Å². The Morgan fingerprint density at radius 2 is 1.52 bits per heavy atom. The third-order valence-electron chi connectivity index (χ3n) is 6.00. The minimum Gasteiger partial charge on any atom is -0.497 e. The van der Waals surface area contributed by atoms with E-state index in [1.54, 1.807) is 7.11 Å². The molecule has 2 rings (SSSR count). The molecule has 0 aliphatic rings. The van der Waals surface area contributed by atoms with E-state index >= 15 is 0 Å². The van der Waals surface area contributed by atoms with Crippen LogP contribution in [0.4, 0.5) is 0 Å². The summed E-state index contributed by atoms with van der Waals surface area (Å²) in [5, 5.41) is 0.232. The number of rotatable bonds is 13. The van der Waals surface area contributed by atoms with Gasteiger partial charge >= 0.3 is 0 Å². The van der Waals surface area contributed by atoms with Gasteiger partial charge in [-0.25, -0.2) is 0 Å². The lowest BCUT2D eigenvalue weighted by Crippen LogP contribution is -2.41. The van der Waals surface area contributed by atoms with Gasteiger partial charge in [0.05, 0.1) is 33.0 Å². The molecule has 2 aromatic rings. The summed E-state index contributed by atoms with van der Waals surface area (Å²) in [6.45, 7) is 13.9. The number of hydrogen-bond donors (Lipinski definition) is 0. The average Bonchev–Trinajstić information content (AvgIpc) is 2.74. The number of benzene rings is 2. The molecule has 5 heteroatoms. The van der Waals surface area contributed by atoms with Crippen molar-refractivity contribution in [3.8, 4) is 5.75 Å². The van der Waals surface area contributed by atoms with Crippen molar-refractivity contribution in [1.82, 2.24) is 0 Å². The first-order valence-corrected chi connectivity index (χ1v) is 14.1. The molecule has 0 amide bonds. The number of methoxy groups -OCH3 is 1. The van der Waals surface area contributed by atoms with Crippen molar-refractivity contribution < 1.29 is 18.6 Å². The van der Waals surface area contributed by atoms with Crippen molar-refractivity contribution >= 4 is 8.32 Å². The van der Waals surface area contributed by atoms with E-state index in [0.29, 0.717) is 19.8 Å². The first-order chi connectivity index (χ1) is 14.7. The highest BCUT2D eigenvalue weighted by atomic mass is 28.4. The molecule has 0 aliphatic carbocycles. The topological polar surface area (TPSA) is 36.9 Å². The molecule has 0 N–H and O–H groups in total. The van der Waals surface area contributed by atoms with E-state index in [1.807, 2.05) is 42.5 Å². The maximum Gasteiger partial charge on any atom is 0.191 e. The van der Waals surface area contributed by atoms with Crippen molar-refractivity contribution in [3.63, 3.8) is 0 Å². The van der Waals surface area contributed by atoms with Crippen LogP contribution in [0.2, 0.25) is 18.1 Å². The van der Waals surface area contributed by atoms with Crippen LogP contribution < -0.4 is 4.74 Å². The third kappa shape index (κ3) is 9.15. The predicted octanol–water partition coefficient (Wildman–Crippen LogP) is 6.60. The Labute approximate surface area is 190 Å². The highest BCUT2D eigenvalue weighted by molar-refractivity contribution is 6.74. The summed E-state index contributed by atoms with van der Waals surface area (Å²) in [7, 11) is -0.0325. The second kappa shape index (κ2) is 12.4. The Morgan fingerprint density at radius 1 is 0.871 bits per heavy atom. The first-order valence-electron chi connectivity index (χ1n) is 11.2. The zero-order chi connectivity index (χ0) is 22.7. The van der Waals surface area contributed by atoms with Gasteiger partial charge in [-0.2, -0.15) is 0 Å². The van der Waals surface area contributed by atoms with Crippen molar-refractivity contribution in [2.75, 3.05) is 20.3 Å². The summed E-state index contributed by atoms with van der Waals surface area (Å²) in [6.07, 6.45) is 1.92. The fourth-order valence-electron chi connectivity index (χ4n) is 2.89. The van der Waals surface area contributed by atoms with Crippen LogP contribution in [0.1, 0.15) is 44.7 Å². The molecule has 1 atom stereocenters. The average molecular weight is 445 g/mol. The molecule has 0 saturated carbocycles. The molecule has 0 fully saturated rings. The molecule has 0 bridgehead atoms. The van der Waals surface area contributed by atoms with Gasteiger partial charge in [-0.15, -0.1) is 0 Å². The SMILES string of the molecule is COc1ccc(CO[C@H](CCCO[Si](C)(C)C(C)(C)C)COCc2ccccc2)cc1. The minimum absolute atomic E-state index is 0.0360. The van der Waals surface area contributed by atoms with Gasteiger partial charge in [0, 0.05) is 6.61 Å². The molecule has 0 aliphatic heterocycles. The van der Waals surface area contributed by atoms with Gasteiger partial charge < -0.3 is 18.6 Å². The summed E-state index contributed by atoms with van der Waals surface area (Å²) in [4.78, 5) is 0. The highest BCUT2D eigenvalue weighted by Gasteiger charge is 2.36. The summed E-state index contributed by atoms with van der Waals surface area (Å²) in [6, 6.07) is 18.3. The van der Waals surface area contributed by atoms with Crippen LogP contribution in [0, 0.1) is 0 Å². The maximum absolute atomic E-state index is 6.34. The van der Waals surface area contributed by atoms with Gasteiger partial charge in [0.1, 0.15) is 5.75 Å². The standard InChI is InChI=1S/C26H40O4Si/c1-26(2,3)31(5,6)30-18-10-13-25(21-28-19-22-11-8-7-9-12-22)29-20-23-14-16-24(27-4)17-15-23/h7-9,11-12,14-17,25H,10,13,18-21H2,1-6H3/t25-/m1/s1. The predicted molar refractivity (Wildman–Crippen MR) is 130 cm³/mol. The number of hydrogen-bond acceptors (Lipinski definition) is 4. The zero-order valence-electron chi connectivity index (χ0n) is 20.1. The third-order valence-corrected chi connectivity index (χ3v) is 10.5. The smallest absolute Gasteiger partial charge is 0.191 e. The molecule has 2 aromatic carbocycles. The molecule has 0 radical (unpaired) electrons. The van der Waals surface area contributed by atoms with Gasteiger partial charge in [0.25, 0.3) is 0 Å². The van der Waals surface area contributed by atoms with Crippen LogP contribution >= 0.6 is 0 Å². The Balaban J connectivity index is 1.84. The van der Waals surface area contributed by atoms with Crippen LogP contribution in [-0.4, -0.2) is 34.7 Å². The summed E-state index contributed by atoms with van der Waals surface area (Å²) in [5.74, 6) is 0.856. The van der Waals surface area contributed by atoms with E-state index < -0.39 is 8.32 Å². The van der Waals surface area contributed by atoms with Crippen LogP contribution in [0.25, 0.3) is 0 Å². The molecule has 0 heterocycles. The molecule has 0 spiro atoms. The lowest BCUT2D eigenvalue weighted by atomic mass is 10.2. The van der Waals surface area contributed by atoms with E-state index in [0.717, 1.165) is 30.8 Å². The lowest BCUT2D eigenvalue weighted by molar-refractivity contribution is -0.0353. The van der Waals surface area contributed by atoms with Gasteiger partial charge in [0.15, 0.2) is 8.32 Å². The fourth-order valence-corrected chi connectivity index (χ4v) is 3.98. The second-order valence-electron chi connectivity index (χ2n) is 9.53. The lowest BCUT2D eigenvalue weighted by Gasteiger charge is -2.36. The second-order valence-corrected chi connectivity index (χ2v) is 14.3. The Kier molecular flexibility index (Phi) is 10.2. The summed E-state index contributed by atoms with van der Waals surface area (Å²) < 4.78 is 23.8. The van der Waals surface area contributed by atoms with Crippen LogP contribution in [0.5, 0.6) is 5.75 Å². The van der Waals surface area contributed by atoms with Crippen molar-refractivity contribution in [3.05, 3.63) is 65.7 Å². The van der Waals surface area contributed by atoms with E-state index in [2.05, 4.69) is 46.0 Å². The molecular weight excluding hydrogens is 404 g/mol. The van der Waals surface area contributed by atoms with Crippen LogP contribution in [-0.2, 0) is 27.1 Å². The zero-order valence-corrected chi connectivity index (χ0v) is 21.1. The van der Waals surface area contributed by atoms with Gasteiger partial charge in [-0.05, 0) is 54.2 Å².